The van der Waals surface area contributed by atoms with Crippen molar-refractivity contribution in [2.24, 2.45) is 0 Å². The van der Waals surface area contributed by atoms with Gasteiger partial charge < -0.3 is 10.6 Å². The molecule has 1 aliphatic heterocycles. The molecule has 3 aromatic rings. The third kappa shape index (κ3) is 4.46. The molecule has 0 atom stereocenters. The largest absolute Gasteiger partial charge is 0.390 e. The minimum Gasteiger partial charge on any atom is -0.390 e. The normalized spacial score (nSPS) is 14.8. The summed E-state index contributed by atoms with van der Waals surface area (Å²) in [6.07, 6.45) is 0. The molecule has 30 heavy (non-hydrogen) atoms. The van der Waals surface area contributed by atoms with Crippen molar-refractivity contribution >= 4 is 62.6 Å². The van der Waals surface area contributed by atoms with Gasteiger partial charge in [-0.2, -0.15) is 0 Å². The van der Waals surface area contributed by atoms with E-state index >= 15 is 0 Å². The van der Waals surface area contributed by atoms with Crippen molar-refractivity contribution in [3.8, 4) is 0 Å². The van der Waals surface area contributed by atoms with Gasteiger partial charge in [-0.3, -0.25) is 9.69 Å². The number of thiophene rings is 1. The van der Waals surface area contributed by atoms with Crippen molar-refractivity contribution in [3.05, 3.63) is 79.6 Å². The van der Waals surface area contributed by atoms with E-state index in [9.17, 15) is 4.79 Å². The van der Waals surface area contributed by atoms with Gasteiger partial charge in [-0.25, -0.2) is 0 Å². The summed E-state index contributed by atoms with van der Waals surface area (Å²) in [5.74, 6) is -0.0677. The Labute approximate surface area is 194 Å². The van der Waals surface area contributed by atoms with Crippen LogP contribution in [0.3, 0.4) is 0 Å². The molecule has 0 bridgehead atoms. The first-order valence-corrected chi connectivity index (χ1v) is 11.5. The minimum atomic E-state index is -0.0677. The number of nitrogens with two attached hydrogens (primary N) is 1. The number of carbonyl (C=O) groups is 1. The van der Waals surface area contributed by atoms with E-state index in [0.29, 0.717) is 37.7 Å². The van der Waals surface area contributed by atoms with E-state index in [-0.39, 0.29) is 5.78 Å². The second kappa shape index (κ2) is 9.16. The highest BCUT2D eigenvalue weighted by molar-refractivity contribution is 7.14. The van der Waals surface area contributed by atoms with Gasteiger partial charge in [-0.1, -0.05) is 40.9 Å². The number of anilines is 2. The first-order valence-electron chi connectivity index (χ1n) is 9.51. The van der Waals surface area contributed by atoms with Crippen molar-refractivity contribution in [2.75, 3.05) is 36.8 Å². The van der Waals surface area contributed by atoms with Gasteiger partial charge in [0.25, 0.3) is 0 Å². The molecule has 0 unspecified atom stereocenters. The standard InChI is InChI=1S/C22H20Cl3N3OS/c23-16-6-4-14(5-7-16)21(29)19-15(13-30-22(19)26)12-27-8-10-28(11-9-27)20-17(24)2-1-3-18(20)25/h1-7,13H,8-12,26H2. The number of benzene rings is 2. The lowest BCUT2D eigenvalue weighted by atomic mass is 10.0. The predicted octanol–water partition coefficient (Wildman–Crippen LogP) is 5.84. The Bertz CT molecular complexity index is 1040. The second-order valence-corrected chi connectivity index (χ2v) is 9.33. The Morgan fingerprint density at radius 1 is 0.967 bits per heavy atom. The molecule has 0 amide bonds. The van der Waals surface area contributed by atoms with Gasteiger partial charge in [-0.05, 0) is 47.3 Å². The van der Waals surface area contributed by atoms with Gasteiger partial charge in [0.05, 0.1) is 26.3 Å². The molecule has 1 aliphatic rings. The molecular weight excluding hydrogens is 461 g/mol. The van der Waals surface area contributed by atoms with E-state index in [4.69, 9.17) is 40.5 Å². The van der Waals surface area contributed by atoms with Gasteiger partial charge in [0, 0.05) is 43.3 Å². The SMILES string of the molecule is Nc1scc(CN2CCN(c3c(Cl)cccc3Cl)CC2)c1C(=O)c1ccc(Cl)cc1. The Hall–Kier alpha value is -1.76. The summed E-state index contributed by atoms with van der Waals surface area (Å²) in [7, 11) is 0. The van der Waals surface area contributed by atoms with Crippen LogP contribution in [0.2, 0.25) is 15.1 Å². The Balaban J connectivity index is 1.46. The fraction of sp³-hybridized carbons (Fsp3) is 0.227. The molecule has 1 aromatic heterocycles. The molecule has 8 heteroatoms. The number of halogens is 3. The number of rotatable bonds is 5. The van der Waals surface area contributed by atoms with Gasteiger partial charge >= 0.3 is 0 Å². The molecule has 0 spiro atoms. The molecule has 2 N–H and O–H groups in total. The molecule has 1 saturated heterocycles. The van der Waals surface area contributed by atoms with Gasteiger partial charge in [-0.15, -0.1) is 11.3 Å². The highest BCUT2D eigenvalue weighted by Gasteiger charge is 2.24. The van der Waals surface area contributed by atoms with E-state index in [1.54, 1.807) is 24.3 Å². The fourth-order valence-corrected chi connectivity index (χ4v) is 5.26. The second-order valence-electron chi connectivity index (χ2n) is 7.17. The zero-order valence-corrected chi connectivity index (χ0v) is 19.2. The van der Waals surface area contributed by atoms with E-state index < -0.39 is 0 Å². The number of carbonyl (C=O) groups excluding carboxylic acids is 1. The van der Waals surface area contributed by atoms with Crippen LogP contribution >= 0.6 is 46.1 Å². The average Bonchev–Trinajstić information content (AvgIpc) is 3.09. The van der Waals surface area contributed by atoms with Crippen LogP contribution in [0.4, 0.5) is 10.7 Å². The van der Waals surface area contributed by atoms with Gasteiger partial charge in [0.15, 0.2) is 5.78 Å². The van der Waals surface area contributed by atoms with Crippen molar-refractivity contribution in [1.29, 1.82) is 0 Å². The summed E-state index contributed by atoms with van der Waals surface area (Å²) in [4.78, 5) is 17.6. The number of nitrogen functional groups attached to an aromatic ring is 1. The average molecular weight is 481 g/mol. The number of hydrogen-bond acceptors (Lipinski definition) is 5. The van der Waals surface area contributed by atoms with Crippen molar-refractivity contribution < 1.29 is 4.79 Å². The maximum atomic E-state index is 13.0. The molecule has 1 fully saturated rings. The number of ketones is 1. The number of para-hydroxylation sites is 1. The molecular formula is C22H20Cl3N3OS. The number of piperazine rings is 1. The molecule has 0 saturated carbocycles. The van der Waals surface area contributed by atoms with Crippen molar-refractivity contribution in [1.82, 2.24) is 4.90 Å². The zero-order chi connectivity index (χ0) is 21.3. The molecule has 2 heterocycles. The maximum Gasteiger partial charge on any atom is 0.196 e. The summed E-state index contributed by atoms with van der Waals surface area (Å²) < 4.78 is 0. The molecule has 0 aliphatic carbocycles. The predicted molar refractivity (Wildman–Crippen MR) is 128 cm³/mol. The van der Waals surface area contributed by atoms with E-state index in [1.807, 2.05) is 23.6 Å². The fourth-order valence-electron chi connectivity index (χ4n) is 3.69. The van der Waals surface area contributed by atoms with Crippen LogP contribution in [0.5, 0.6) is 0 Å². The third-order valence-electron chi connectivity index (χ3n) is 5.25. The summed E-state index contributed by atoms with van der Waals surface area (Å²) in [5, 5.41) is 4.46. The van der Waals surface area contributed by atoms with Crippen LogP contribution in [0, 0.1) is 0 Å². The zero-order valence-electron chi connectivity index (χ0n) is 16.1. The lowest BCUT2D eigenvalue weighted by Crippen LogP contribution is -2.46. The minimum absolute atomic E-state index is 0.0677. The molecule has 156 valence electrons. The summed E-state index contributed by atoms with van der Waals surface area (Å²) in [6.45, 7) is 3.97. The highest BCUT2D eigenvalue weighted by Crippen LogP contribution is 2.34. The lowest BCUT2D eigenvalue weighted by Gasteiger charge is -2.36. The maximum absolute atomic E-state index is 13.0. The van der Waals surface area contributed by atoms with E-state index in [2.05, 4.69) is 9.80 Å². The van der Waals surface area contributed by atoms with E-state index in [1.165, 1.54) is 11.3 Å². The topological polar surface area (TPSA) is 49.6 Å². The summed E-state index contributed by atoms with van der Waals surface area (Å²) >= 11 is 20.1. The third-order valence-corrected chi connectivity index (χ3v) is 6.97. The summed E-state index contributed by atoms with van der Waals surface area (Å²) in [6, 6.07) is 12.5. The van der Waals surface area contributed by atoms with Gasteiger partial charge in [0.1, 0.15) is 0 Å². The molecule has 4 rings (SSSR count). The quantitative estimate of drug-likeness (QED) is 0.466. The number of nitrogens with zero attached hydrogens (tertiary/aromatic N) is 2. The smallest absolute Gasteiger partial charge is 0.196 e. The van der Waals surface area contributed by atoms with Crippen LogP contribution in [-0.4, -0.2) is 36.9 Å². The van der Waals surface area contributed by atoms with E-state index in [0.717, 1.165) is 37.4 Å². The van der Waals surface area contributed by atoms with Crippen LogP contribution < -0.4 is 10.6 Å². The Morgan fingerprint density at radius 3 is 2.23 bits per heavy atom. The van der Waals surface area contributed by atoms with Gasteiger partial charge in [0.2, 0.25) is 0 Å². The molecule has 2 aromatic carbocycles. The van der Waals surface area contributed by atoms with Crippen LogP contribution in [0.1, 0.15) is 21.5 Å². The lowest BCUT2D eigenvalue weighted by molar-refractivity contribution is 0.103. The highest BCUT2D eigenvalue weighted by atomic mass is 35.5. The molecule has 0 radical (unpaired) electrons. The molecule has 4 nitrogen and oxygen atoms in total. The first kappa shape index (κ1) is 21.5. The van der Waals surface area contributed by atoms with Crippen molar-refractivity contribution in [3.63, 3.8) is 0 Å². The van der Waals surface area contributed by atoms with Crippen LogP contribution in [0.25, 0.3) is 0 Å². The first-order chi connectivity index (χ1) is 14.4. The summed E-state index contributed by atoms with van der Waals surface area (Å²) in [5.41, 5.74) is 9.19. The van der Waals surface area contributed by atoms with Crippen LogP contribution in [0.15, 0.2) is 47.8 Å². The van der Waals surface area contributed by atoms with Crippen LogP contribution in [-0.2, 0) is 6.54 Å². The Morgan fingerprint density at radius 2 is 1.60 bits per heavy atom. The monoisotopic (exact) mass is 479 g/mol. The van der Waals surface area contributed by atoms with Crippen molar-refractivity contribution in [2.45, 2.75) is 6.54 Å². The number of hydrogen-bond donors (Lipinski definition) is 1. The Kier molecular flexibility index (Phi) is 6.56.